The van der Waals surface area contributed by atoms with Gasteiger partial charge >= 0.3 is 0 Å². The lowest BCUT2D eigenvalue weighted by Gasteiger charge is -2.32. The van der Waals surface area contributed by atoms with E-state index in [4.69, 9.17) is 4.74 Å². The van der Waals surface area contributed by atoms with Crippen molar-refractivity contribution in [2.45, 2.75) is 25.9 Å². The van der Waals surface area contributed by atoms with Crippen LogP contribution in [0.15, 0.2) is 36.5 Å². The van der Waals surface area contributed by atoms with Crippen LogP contribution in [-0.2, 0) is 16.1 Å². The lowest BCUT2D eigenvalue weighted by atomic mass is 10.1. The number of hydrogen-bond acceptors (Lipinski definition) is 4. The number of aryl methyl sites for hydroxylation is 1. The van der Waals surface area contributed by atoms with E-state index in [0.717, 1.165) is 62.6 Å². The topological polar surface area (TPSA) is 50.6 Å². The molecule has 0 bridgehead atoms. The molecule has 0 aliphatic carbocycles. The van der Waals surface area contributed by atoms with Gasteiger partial charge in [0.05, 0.1) is 18.9 Å². The monoisotopic (exact) mass is 354 g/mol. The zero-order valence-electron chi connectivity index (χ0n) is 15.3. The summed E-state index contributed by atoms with van der Waals surface area (Å²) < 4.78 is 7.21. The fourth-order valence-electron chi connectivity index (χ4n) is 3.95. The summed E-state index contributed by atoms with van der Waals surface area (Å²) in [6.07, 6.45) is 3.04. The van der Waals surface area contributed by atoms with Crippen LogP contribution >= 0.6 is 0 Å². The van der Waals surface area contributed by atoms with E-state index in [1.807, 2.05) is 36.2 Å². The van der Waals surface area contributed by atoms with E-state index in [0.29, 0.717) is 12.6 Å². The van der Waals surface area contributed by atoms with Gasteiger partial charge in [-0.3, -0.25) is 14.4 Å². The zero-order valence-corrected chi connectivity index (χ0v) is 15.3. The number of ether oxygens (including phenoxy) is 1. The van der Waals surface area contributed by atoms with Crippen molar-refractivity contribution in [3.8, 4) is 11.1 Å². The summed E-state index contributed by atoms with van der Waals surface area (Å²) in [5.41, 5.74) is 3.18. The van der Waals surface area contributed by atoms with Crippen molar-refractivity contribution < 1.29 is 9.53 Å². The van der Waals surface area contributed by atoms with Crippen LogP contribution in [0.3, 0.4) is 0 Å². The van der Waals surface area contributed by atoms with Crippen molar-refractivity contribution in [2.75, 3.05) is 39.4 Å². The number of carbonyl (C=O) groups is 1. The molecule has 1 unspecified atom stereocenters. The van der Waals surface area contributed by atoms with Gasteiger partial charge in [0.1, 0.15) is 6.54 Å². The van der Waals surface area contributed by atoms with Crippen LogP contribution in [-0.4, -0.2) is 70.9 Å². The molecule has 2 fully saturated rings. The fourth-order valence-corrected chi connectivity index (χ4v) is 3.95. The number of aromatic nitrogens is 2. The van der Waals surface area contributed by atoms with Gasteiger partial charge < -0.3 is 9.64 Å². The first-order valence-electron chi connectivity index (χ1n) is 9.40. The summed E-state index contributed by atoms with van der Waals surface area (Å²) in [5, 5.41) is 4.55. The van der Waals surface area contributed by atoms with Gasteiger partial charge in [-0.15, -0.1) is 0 Å². The van der Waals surface area contributed by atoms with Crippen LogP contribution in [0, 0.1) is 6.92 Å². The van der Waals surface area contributed by atoms with Crippen LogP contribution in [0.25, 0.3) is 11.1 Å². The van der Waals surface area contributed by atoms with E-state index in [1.165, 1.54) is 0 Å². The molecule has 2 saturated heterocycles. The van der Waals surface area contributed by atoms with Gasteiger partial charge in [-0.2, -0.15) is 5.10 Å². The third kappa shape index (κ3) is 3.66. The third-order valence-corrected chi connectivity index (χ3v) is 5.41. The molecule has 138 valence electrons. The Morgan fingerprint density at radius 1 is 1.19 bits per heavy atom. The third-order valence-electron chi connectivity index (χ3n) is 5.41. The average Bonchev–Trinajstić information content (AvgIpc) is 3.30. The second-order valence-corrected chi connectivity index (χ2v) is 7.12. The van der Waals surface area contributed by atoms with Gasteiger partial charge in [0.15, 0.2) is 0 Å². The number of carbonyl (C=O) groups excluding carboxylic acids is 1. The number of nitrogens with zero attached hydrogens (tertiary/aromatic N) is 4. The van der Waals surface area contributed by atoms with Crippen molar-refractivity contribution in [3.05, 3.63) is 42.2 Å². The van der Waals surface area contributed by atoms with Gasteiger partial charge in [0, 0.05) is 44.0 Å². The quantitative estimate of drug-likeness (QED) is 0.840. The van der Waals surface area contributed by atoms with Crippen molar-refractivity contribution in [1.82, 2.24) is 19.6 Å². The summed E-state index contributed by atoms with van der Waals surface area (Å²) in [7, 11) is 0. The standard InChI is InChI=1S/C20H26N4O2/c1-16-19(17-5-3-2-4-6-17)14-24(21-16)15-20(25)23-8-7-18(13-23)22-9-11-26-12-10-22/h2-6,14,18H,7-13,15H2,1H3. The highest BCUT2D eigenvalue weighted by Crippen LogP contribution is 2.22. The molecule has 0 N–H and O–H groups in total. The second kappa shape index (κ2) is 7.60. The molecule has 6 heteroatoms. The van der Waals surface area contributed by atoms with Crippen LogP contribution in [0.2, 0.25) is 0 Å². The van der Waals surface area contributed by atoms with Crippen LogP contribution < -0.4 is 0 Å². The Labute approximate surface area is 154 Å². The van der Waals surface area contributed by atoms with Crippen LogP contribution in [0.4, 0.5) is 0 Å². The molecule has 0 radical (unpaired) electrons. The Balaban J connectivity index is 1.38. The number of amides is 1. The zero-order chi connectivity index (χ0) is 17.9. The lowest BCUT2D eigenvalue weighted by molar-refractivity contribution is -0.131. The molecule has 0 saturated carbocycles. The van der Waals surface area contributed by atoms with Gasteiger partial charge in [-0.25, -0.2) is 0 Å². The molecule has 6 nitrogen and oxygen atoms in total. The van der Waals surface area contributed by atoms with E-state index in [2.05, 4.69) is 22.1 Å². The van der Waals surface area contributed by atoms with E-state index in [-0.39, 0.29) is 5.91 Å². The van der Waals surface area contributed by atoms with Gasteiger partial charge in [-0.05, 0) is 18.9 Å². The maximum absolute atomic E-state index is 12.7. The summed E-state index contributed by atoms with van der Waals surface area (Å²) in [4.78, 5) is 17.2. The molecule has 1 aromatic carbocycles. The number of likely N-dealkylation sites (tertiary alicyclic amines) is 1. The van der Waals surface area contributed by atoms with Gasteiger partial charge in [0.25, 0.3) is 0 Å². The first kappa shape index (κ1) is 17.2. The minimum Gasteiger partial charge on any atom is -0.379 e. The average molecular weight is 354 g/mol. The smallest absolute Gasteiger partial charge is 0.244 e. The first-order valence-corrected chi connectivity index (χ1v) is 9.40. The van der Waals surface area contributed by atoms with Gasteiger partial charge in [-0.1, -0.05) is 30.3 Å². The Hall–Kier alpha value is -2.18. The molecule has 26 heavy (non-hydrogen) atoms. The summed E-state index contributed by atoms with van der Waals surface area (Å²) in [6, 6.07) is 10.7. The predicted octanol–water partition coefficient (Wildman–Crippen LogP) is 1.79. The highest BCUT2D eigenvalue weighted by atomic mass is 16.5. The van der Waals surface area contributed by atoms with E-state index < -0.39 is 0 Å². The highest BCUT2D eigenvalue weighted by Gasteiger charge is 2.31. The Morgan fingerprint density at radius 2 is 1.96 bits per heavy atom. The molecule has 1 amide bonds. The van der Waals surface area contributed by atoms with Crippen molar-refractivity contribution in [1.29, 1.82) is 0 Å². The SMILES string of the molecule is Cc1nn(CC(=O)N2CCC(N3CCOCC3)C2)cc1-c1ccccc1. The Kier molecular flexibility index (Phi) is 5.04. The molecule has 2 aromatic rings. The van der Waals surface area contributed by atoms with E-state index in [9.17, 15) is 4.79 Å². The van der Waals surface area contributed by atoms with Crippen molar-refractivity contribution in [2.24, 2.45) is 0 Å². The highest BCUT2D eigenvalue weighted by molar-refractivity contribution is 5.76. The number of hydrogen-bond donors (Lipinski definition) is 0. The summed E-state index contributed by atoms with van der Waals surface area (Å²) in [5.74, 6) is 0.155. The summed E-state index contributed by atoms with van der Waals surface area (Å²) >= 11 is 0. The maximum Gasteiger partial charge on any atom is 0.244 e. The van der Waals surface area contributed by atoms with Crippen molar-refractivity contribution >= 4 is 5.91 Å². The summed E-state index contributed by atoms with van der Waals surface area (Å²) in [6.45, 7) is 7.53. The molecule has 1 aromatic heterocycles. The molecular formula is C20H26N4O2. The first-order chi connectivity index (χ1) is 12.7. The van der Waals surface area contributed by atoms with E-state index >= 15 is 0 Å². The van der Waals surface area contributed by atoms with Gasteiger partial charge in [0.2, 0.25) is 5.91 Å². The predicted molar refractivity (Wildman–Crippen MR) is 99.8 cm³/mol. The molecule has 2 aliphatic rings. The molecule has 4 rings (SSSR count). The number of benzene rings is 1. The number of rotatable bonds is 4. The molecule has 0 spiro atoms. The second-order valence-electron chi connectivity index (χ2n) is 7.12. The fraction of sp³-hybridized carbons (Fsp3) is 0.500. The number of morpholine rings is 1. The lowest BCUT2D eigenvalue weighted by Crippen LogP contribution is -2.45. The minimum absolute atomic E-state index is 0.155. The molecule has 1 atom stereocenters. The van der Waals surface area contributed by atoms with E-state index in [1.54, 1.807) is 4.68 Å². The normalized spacial score (nSPS) is 21.3. The van der Waals surface area contributed by atoms with Crippen LogP contribution in [0.1, 0.15) is 12.1 Å². The molecule has 3 heterocycles. The maximum atomic E-state index is 12.7. The molecular weight excluding hydrogens is 328 g/mol. The largest absolute Gasteiger partial charge is 0.379 e. The van der Waals surface area contributed by atoms with Crippen LogP contribution in [0.5, 0.6) is 0 Å². The van der Waals surface area contributed by atoms with Crippen molar-refractivity contribution in [3.63, 3.8) is 0 Å². The Morgan fingerprint density at radius 3 is 2.73 bits per heavy atom. The molecule has 2 aliphatic heterocycles. The Bertz CT molecular complexity index is 752. The minimum atomic E-state index is 0.155.